The second kappa shape index (κ2) is 8.57. The van der Waals surface area contributed by atoms with E-state index in [-0.39, 0.29) is 0 Å². The van der Waals surface area contributed by atoms with Crippen LogP contribution in [0.1, 0.15) is 43.9 Å². The molecule has 0 heterocycles. The largest absolute Gasteiger partial charge is 0.385 e. The zero-order valence-corrected chi connectivity index (χ0v) is 13.3. The lowest BCUT2D eigenvalue weighted by atomic mass is 9.91. The van der Waals surface area contributed by atoms with E-state index in [1.54, 1.807) is 7.11 Å². The molecule has 0 bridgehead atoms. The van der Waals surface area contributed by atoms with Crippen LogP contribution < -0.4 is 5.32 Å². The van der Waals surface area contributed by atoms with Gasteiger partial charge < -0.3 is 10.1 Å². The molecule has 0 saturated heterocycles. The minimum atomic E-state index is 0.367. The Morgan fingerprint density at radius 1 is 1.37 bits per heavy atom. The molecule has 1 rings (SSSR count). The van der Waals surface area contributed by atoms with Gasteiger partial charge in [-0.3, -0.25) is 0 Å². The lowest BCUT2D eigenvalue weighted by molar-refractivity contribution is 0.170. The van der Waals surface area contributed by atoms with Crippen molar-refractivity contribution in [2.45, 2.75) is 39.7 Å². The molecule has 0 spiro atoms. The molecule has 108 valence electrons. The van der Waals surface area contributed by atoms with Crippen LogP contribution in [0.5, 0.6) is 0 Å². The summed E-state index contributed by atoms with van der Waals surface area (Å²) in [7, 11) is 1.76. The lowest BCUT2D eigenvalue weighted by Gasteiger charge is -2.26. The molecule has 2 nitrogen and oxygen atoms in total. The monoisotopic (exact) mass is 283 g/mol. The summed E-state index contributed by atoms with van der Waals surface area (Å²) in [5, 5.41) is 4.48. The molecule has 0 aliphatic heterocycles. The highest BCUT2D eigenvalue weighted by Gasteiger charge is 2.18. The van der Waals surface area contributed by atoms with Gasteiger partial charge >= 0.3 is 0 Å². The molecule has 3 heteroatoms. The second-order valence-corrected chi connectivity index (χ2v) is 5.61. The normalized spacial score (nSPS) is 14.4. The first-order valence-electron chi connectivity index (χ1n) is 7.08. The predicted octanol–water partition coefficient (Wildman–Crippen LogP) is 4.36. The van der Waals surface area contributed by atoms with Crippen molar-refractivity contribution in [1.29, 1.82) is 0 Å². The van der Waals surface area contributed by atoms with Crippen LogP contribution in [0, 0.1) is 12.8 Å². The van der Waals surface area contributed by atoms with Gasteiger partial charge in [0.25, 0.3) is 0 Å². The maximum absolute atomic E-state index is 6.11. The summed E-state index contributed by atoms with van der Waals surface area (Å²) in [4.78, 5) is 0. The Morgan fingerprint density at radius 3 is 2.68 bits per heavy atom. The van der Waals surface area contributed by atoms with Crippen molar-refractivity contribution in [1.82, 2.24) is 5.32 Å². The van der Waals surface area contributed by atoms with E-state index in [1.165, 1.54) is 5.56 Å². The van der Waals surface area contributed by atoms with Crippen molar-refractivity contribution in [3.8, 4) is 0 Å². The molecule has 1 N–H and O–H groups in total. The summed E-state index contributed by atoms with van der Waals surface area (Å²) >= 11 is 6.11. The Labute approximate surface area is 122 Å². The van der Waals surface area contributed by atoms with E-state index in [4.69, 9.17) is 16.3 Å². The lowest BCUT2D eigenvalue weighted by Crippen LogP contribution is -2.28. The fraction of sp³-hybridized carbons (Fsp3) is 0.625. The number of aryl methyl sites for hydroxylation is 1. The molecule has 0 aliphatic rings. The first kappa shape index (κ1) is 16.5. The van der Waals surface area contributed by atoms with Crippen molar-refractivity contribution in [2.24, 2.45) is 5.92 Å². The summed E-state index contributed by atoms with van der Waals surface area (Å²) in [6.45, 7) is 8.36. The number of methoxy groups -OCH3 is 1. The first-order valence-corrected chi connectivity index (χ1v) is 7.46. The molecule has 0 aliphatic carbocycles. The van der Waals surface area contributed by atoms with E-state index >= 15 is 0 Å². The van der Waals surface area contributed by atoms with Gasteiger partial charge in [-0.05, 0) is 49.4 Å². The molecular weight excluding hydrogens is 258 g/mol. The molecule has 1 aromatic rings. The fourth-order valence-corrected chi connectivity index (χ4v) is 2.40. The van der Waals surface area contributed by atoms with Gasteiger partial charge in [-0.25, -0.2) is 0 Å². The molecule has 0 fully saturated rings. The quantitative estimate of drug-likeness (QED) is 0.765. The van der Waals surface area contributed by atoms with Gasteiger partial charge in [0.05, 0.1) is 0 Å². The minimum absolute atomic E-state index is 0.367. The molecule has 0 saturated carbocycles. The molecule has 2 unspecified atom stereocenters. The average Bonchev–Trinajstić information content (AvgIpc) is 2.40. The third-order valence-electron chi connectivity index (χ3n) is 3.50. The van der Waals surface area contributed by atoms with Crippen LogP contribution in [0.3, 0.4) is 0 Å². The summed E-state index contributed by atoms with van der Waals surface area (Å²) in [5.74, 6) is 0.534. The Balaban J connectivity index is 2.84. The van der Waals surface area contributed by atoms with Crippen molar-refractivity contribution in [2.75, 3.05) is 20.3 Å². The number of ether oxygens (including phenoxy) is 1. The Kier molecular flexibility index (Phi) is 7.44. The minimum Gasteiger partial charge on any atom is -0.385 e. The van der Waals surface area contributed by atoms with Crippen LogP contribution in [0.4, 0.5) is 0 Å². The highest BCUT2D eigenvalue weighted by atomic mass is 35.5. The topological polar surface area (TPSA) is 21.3 Å². The van der Waals surface area contributed by atoms with Crippen molar-refractivity contribution in [3.05, 3.63) is 34.3 Å². The van der Waals surface area contributed by atoms with Gasteiger partial charge in [-0.15, -0.1) is 0 Å². The summed E-state index contributed by atoms with van der Waals surface area (Å²) < 4.78 is 5.20. The number of hydrogen-bond acceptors (Lipinski definition) is 2. The Morgan fingerprint density at radius 2 is 2.11 bits per heavy atom. The van der Waals surface area contributed by atoms with E-state index in [9.17, 15) is 0 Å². The van der Waals surface area contributed by atoms with Crippen LogP contribution in [-0.2, 0) is 4.74 Å². The van der Waals surface area contributed by atoms with Gasteiger partial charge in [-0.2, -0.15) is 0 Å². The third-order valence-corrected chi connectivity index (χ3v) is 3.93. The Bertz CT molecular complexity index is 381. The molecule has 0 amide bonds. The average molecular weight is 284 g/mol. The maximum atomic E-state index is 6.11. The fourth-order valence-electron chi connectivity index (χ4n) is 2.28. The van der Waals surface area contributed by atoms with Gasteiger partial charge in [0, 0.05) is 24.8 Å². The van der Waals surface area contributed by atoms with E-state index in [2.05, 4.69) is 38.2 Å². The predicted molar refractivity (Wildman–Crippen MR) is 82.9 cm³/mol. The van der Waals surface area contributed by atoms with Gasteiger partial charge in [-0.1, -0.05) is 37.6 Å². The van der Waals surface area contributed by atoms with Crippen LogP contribution in [-0.4, -0.2) is 20.3 Å². The van der Waals surface area contributed by atoms with Crippen molar-refractivity contribution in [3.63, 3.8) is 0 Å². The highest BCUT2D eigenvalue weighted by molar-refractivity contribution is 6.31. The molecule has 19 heavy (non-hydrogen) atoms. The van der Waals surface area contributed by atoms with Gasteiger partial charge in [0.2, 0.25) is 0 Å². The van der Waals surface area contributed by atoms with Crippen molar-refractivity contribution >= 4 is 11.6 Å². The van der Waals surface area contributed by atoms with E-state index in [0.29, 0.717) is 12.0 Å². The van der Waals surface area contributed by atoms with Crippen LogP contribution in [0.25, 0.3) is 0 Å². The summed E-state index contributed by atoms with van der Waals surface area (Å²) in [6.07, 6.45) is 2.19. The van der Waals surface area contributed by atoms with Crippen molar-refractivity contribution < 1.29 is 4.74 Å². The third kappa shape index (κ3) is 5.13. The SMILES string of the molecule is CCCNC(c1ccc(Cl)c(C)c1)C(C)CCOC. The summed E-state index contributed by atoms with van der Waals surface area (Å²) in [5.41, 5.74) is 2.46. The number of nitrogens with one attached hydrogen (secondary N) is 1. The van der Waals surface area contributed by atoms with Crippen LogP contribution in [0.15, 0.2) is 18.2 Å². The zero-order chi connectivity index (χ0) is 14.3. The molecule has 0 aromatic heterocycles. The van der Waals surface area contributed by atoms with Gasteiger partial charge in [0.1, 0.15) is 0 Å². The molecule has 1 aromatic carbocycles. The summed E-state index contributed by atoms with van der Waals surface area (Å²) in [6, 6.07) is 6.69. The smallest absolute Gasteiger partial charge is 0.0465 e. The number of benzene rings is 1. The number of halogens is 1. The highest BCUT2D eigenvalue weighted by Crippen LogP contribution is 2.27. The first-order chi connectivity index (χ1) is 9.10. The number of hydrogen-bond donors (Lipinski definition) is 1. The number of rotatable bonds is 8. The second-order valence-electron chi connectivity index (χ2n) is 5.20. The van der Waals surface area contributed by atoms with Crippen LogP contribution in [0.2, 0.25) is 5.02 Å². The van der Waals surface area contributed by atoms with E-state index < -0.39 is 0 Å². The molecule has 2 atom stereocenters. The van der Waals surface area contributed by atoms with E-state index in [0.717, 1.165) is 36.6 Å². The maximum Gasteiger partial charge on any atom is 0.0465 e. The Hall–Kier alpha value is -0.570. The standard InChI is InChI=1S/C16H26ClNO/c1-5-9-18-16(12(2)8-10-19-4)14-6-7-15(17)13(3)11-14/h6-7,11-12,16,18H,5,8-10H2,1-4H3. The van der Waals surface area contributed by atoms with Crippen LogP contribution >= 0.6 is 11.6 Å². The molecule has 0 radical (unpaired) electrons. The van der Waals surface area contributed by atoms with E-state index in [1.807, 2.05) is 6.07 Å². The molecular formula is C16H26ClNO. The zero-order valence-electron chi connectivity index (χ0n) is 12.5. The van der Waals surface area contributed by atoms with Gasteiger partial charge in [0.15, 0.2) is 0 Å².